The summed E-state index contributed by atoms with van der Waals surface area (Å²) in [6.07, 6.45) is 5.18. The van der Waals surface area contributed by atoms with Crippen LogP contribution in [0.1, 0.15) is 17.2 Å². The first-order valence-corrected chi connectivity index (χ1v) is 8.55. The predicted molar refractivity (Wildman–Crippen MR) is 101 cm³/mol. The molecule has 1 unspecified atom stereocenters. The predicted octanol–water partition coefficient (Wildman–Crippen LogP) is 3.16. The smallest absolute Gasteiger partial charge is 0.387 e. The Bertz CT molecular complexity index is 1010. The third kappa shape index (κ3) is 4.18. The minimum atomic E-state index is -2.93. The summed E-state index contributed by atoms with van der Waals surface area (Å²) >= 11 is 0. The molecule has 3 aromatic rings. The number of nitrogens with zero attached hydrogens (tertiary/aromatic N) is 5. The topological polar surface area (TPSA) is 79.0 Å². The highest BCUT2D eigenvalue weighted by Crippen LogP contribution is 2.30. The molecule has 0 aliphatic heterocycles. The van der Waals surface area contributed by atoms with Crippen LogP contribution in [-0.2, 0) is 7.05 Å². The van der Waals surface area contributed by atoms with Crippen molar-refractivity contribution in [1.29, 1.82) is 5.26 Å². The number of halogens is 2. The minimum Gasteiger partial charge on any atom is -0.435 e. The van der Waals surface area contributed by atoms with Crippen molar-refractivity contribution in [2.75, 3.05) is 26.0 Å². The second kappa shape index (κ2) is 8.19. The van der Waals surface area contributed by atoms with Gasteiger partial charge in [0, 0.05) is 36.9 Å². The normalized spacial score (nSPS) is 12.4. The summed E-state index contributed by atoms with van der Waals surface area (Å²) in [6.45, 7) is -2.45. The highest BCUT2D eigenvalue weighted by molar-refractivity contribution is 5.94. The average Bonchev–Trinajstić information content (AvgIpc) is 3.07. The van der Waals surface area contributed by atoms with Crippen LogP contribution in [0, 0.1) is 11.3 Å². The van der Waals surface area contributed by atoms with Gasteiger partial charge in [-0.2, -0.15) is 19.1 Å². The Morgan fingerprint density at radius 3 is 2.71 bits per heavy atom. The van der Waals surface area contributed by atoms with E-state index in [1.165, 1.54) is 18.3 Å². The molecule has 2 heterocycles. The summed E-state index contributed by atoms with van der Waals surface area (Å²) < 4.78 is 31.4. The molecule has 9 heteroatoms. The van der Waals surface area contributed by atoms with Crippen molar-refractivity contribution in [1.82, 2.24) is 19.7 Å². The van der Waals surface area contributed by atoms with Crippen LogP contribution in [0.5, 0.6) is 5.75 Å². The molecule has 0 fully saturated rings. The van der Waals surface area contributed by atoms with Crippen LogP contribution in [0.4, 0.5) is 14.5 Å². The molecule has 0 radical (unpaired) electrons. The Hall–Kier alpha value is -3.25. The number of alkyl halides is 2. The zero-order valence-electron chi connectivity index (χ0n) is 15.7. The lowest BCUT2D eigenvalue weighted by Gasteiger charge is -2.24. The van der Waals surface area contributed by atoms with Crippen LogP contribution >= 0.6 is 0 Å². The quantitative estimate of drug-likeness (QED) is 0.672. The van der Waals surface area contributed by atoms with Crippen LogP contribution < -0.4 is 10.1 Å². The number of aryl methyl sites for hydroxylation is 1. The summed E-state index contributed by atoms with van der Waals surface area (Å²) in [4.78, 5) is 6.26. The lowest BCUT2D eigenvalue weighted by atomic mass is 10.1. The number of aromatic nitrogens is 3. The molecule has 7 nitrogen and oxygen atoms in total. The molecule has 0 saturated carbocycles. The summed E-state index contributed by atoms with van der Waals surface area (Å²) in [5, 5.41) is 17.5. The molecule has 0 bridgehead atoms. The minimum absolute atomic E-state index is 0.0102. The van der Waals surface area contributed by atoms with Gasteiger partial charge in [-0.1, -0.05) is 0 Å². The fourth-order valence-corrected chi connectivity index (χ4v) is 3.03. The Kier molecular flexibility index (Phi) is 5.70. The van der Waals surface area contributed by atoms with Gasteiger partial charge in [0.05, 0.1) is 29.0 Å². The van der Waals surface area contributed by atoms with E-state index in [1.54, 1.807) is 16.9 Å². The molecule has 0 aliphatic rings. The molecule has 28 heavy (non-hydrogen) atoms. The number of anilines is 1. The Labute approximate surface area is 161 Å². The van der Waals surface area contributed by atoms with E-state index in [1.807, 2.05) is 32.2 Å². The van der Waals surface area contributed by atoms with Crippen molar-refractivity contribution in [2.45, 2.75) is 12.7 Å². The number of hydrogen-bond acceptors (Lipinski definition) is 6. The number of hydrogen-bond donors (Lipinski definition) is 1. The molecule has 146 valence electrons. The summed E-state index contributed by atoms with van der Waals surface area (Å²) in [6, 6.07) is 6.57. The molecular weight excluding hydrogens is 366 g/mol. The zero-order chi connectivity index (χ0) is 20.3. The van der Waals surface area contributed by atoms with Gasteiger partial charge in [0.2, 0.25) is 0 Å². The monoisotopic (exact) mass is 386 g/mol. The van der Waals surface area contributed by atoms with Crippen molar-refractivity contribution in [3.8, 4) is 11.8 Å². The molecule has 1 atom stereocenters. The molecular formula is C19H20F2N6O. The van der Waals surface area contributed by atoms with Gasteiger partial charge in [-0.25, -0.2) is 0 Å². The van der Waals surface area contributed by atoms with E-state index in [0.717, 1.165) is 5.56 Å². The van der Waals surface area contributed by atoms with E-state index in [0.29, 0.717) is 28.7 Å². The fraction of sp³-hybridized carbons (Fsp3) is 0.316. The molecule has 0 spiro atoms. The second-order valence-corrected chi connectivity index (χ2v) is 6.52. The molecule has 0 aliphatic carbocycles. The molecule has 0 amide bonds. The lowest BCUT2D eigenvalue weighted by molar-refractivity contribution is -0.0497. The number of likely N-dealkylation sites (N-methyl/N-ethyl adjacent to an activating group) is 1. The van der Waals surface area contributed by atoms with Crippen molar-refractivity contribution >= 4 is 16.6 Å². The van der Waals surface area contributed by atoms with Crippen molar-refractivity contribution in [3.05, 3.63) is 47.9 Å². The number of rotatable bonds is 7. The van der Waals surface area contributed by atoms with Gasteiger partial charge in [-0.05, 0) is 32.3 Å². The lowest BCUT2D eigenvalue weighted by Crippen LogP contribution is -2.26. The summed E-state index contributed by atoms with van der Waals surface area (Å²) in [7, 11) is 5.74. The number of ether oxygens (including phenoxy) is 1. The van der Waals surface area contributed by atoms with E-state index in [4.69, 9.17) is 0 Å². The Morgan fingerprint density at radius 1 is 1.32 bits per heavy atom. The highest BCUT2D eigenvalue weighted by atomic mass is 19.3. The number of nitrogens with one attached hydrogen (secondary N) is 1. The number of pyridine rings is 1. The molecule has 2 aromatic heterocycles. The standard InChI is InChI=1S/C19H20F2N6O/c1-26(2)17(13-9-25-27(3)11-13)10-24-18-12(7-22)8-23-16-5-4-14(6-15(16)18)28-19(20)21/h4-6,8-9,11,17,19H,10H2,1-3H3,(H,23,24). The third-order valence-corrected chi connectivity index (χ3v) is 4.39. The number of benzene rings is 1. The Balaban J connectivity index is 1.96. The number of fused-ring (bicyclic) bond motifs is 1. The summed E-state index contributed by atoms with van der Waals surface area (Å²) in [5.41, 5.74) is 2.44. The maximum Gasteiger partial charge on any atom is 0.387 e. The second-order valence-electron chi connectivity index (χ2n) is 6.52. The van der Waals surface area contributed by atoms with Crippen LogP contribution in [0.15, 0.2) is 36.8 Å². The van der Waals surface area contributed by atoms with Gasteiger partial charge in [-0.15, -0.1) is 0 Å². The first-order valence-electron chi connectivity index (χ1n) is 8.55. The molecule has 3 rings (SSSR count). The number of nitriles is 1. The maximum atomic E-state index is 12.6. The highest BCUT2D eigenvalue weighted by Gasteiger charge is 2.18. The molecule has 0 saturated heterocycles. The third-order valence-electron chi connectivity index (χ3n) is 4.39. The van der Waals surface area contributed by atoms with E-state index in [-0.39, 0.29) is 11.8 Å². The van der Waals surface area contributed by atoms with Gasteiger partial charge in [0.15, 0.2) is 0 Å². The van der Waals surface area contributed by atoms with E-state index in [9.17, 15) is 14.0 Å². The first kappa shape index (κ1) is 19.5. The zero-order valence-corrected chi connectivity index (χ0v) is 15.7. The van der Waals surface area contributed by atoms with Gasteiger partial charge in [0.1, 0.15) is 11.8 Å². The fourth-order valence-electron chi connectivity index (χ4n) is 3.03. The van der Waals surface area contributed by atoms with Crippen molar-refractivity contribution in [3.63, 3.8) is 0 Å². The van der Waals surface area contributed by atoms with E-state index >= 15 is 0 Å². The first-order chi connectivity index (χ1) is 13.4. The van der Waals surface area contributed by atoms with Crippen LogP contribution in [-0.4, -0.2) is 46.9 Å². The maximum absolute atomic E-state index is 12.6. The van der Waals surface area contributed by atoms with E-state index in [2.05, 4.69) is 26.2 Å². The van der Waals surface area contributed by atoms with Crippen LogP contribution in [0.2, 0.25) is 0 Å². The largest absolute Gasteiger partial charge is 0.435 e. The van der Waals surface area contributed by atoms with Gasteiger partial charge < -0.3 is 15.0 Å². The summed E-state index contributed by atoms with van der Waals surface area (Å²) in [5.74, 6) is 0.0128. The van der Waals surface area contributed by atoms with Gasteiger partial charge in [0.25, 0.3) is 0 Å². The van der Waals surface area contributed by atoms with Crippen LogP contribution in [0.25, 0.3) is 10.9 Å². The van der Waals surface area contributed by atoms with Gasteiger partial charge >= 0.3 is 6.61 Å². The van der Waals surface area contributed by atoms with Gasteiger partial charge in [-0.3, -0.25) is 9.67 Å². The van der Waals surface area contributed by atoms with Crippen molar-refractivity contribution < 1.29 is 13.5 Å². The SMILES string of the molecule is CN(C)C(CNc1c(C#N)cnc2ccc(OC(F)F)cc12)c1cnn(C)c1. The van der Waals surface area contributed by atoms with E-state index < -0.39 is 6.61 Å². The van der Waals surface area contributed by atoms with Crippen LogP contribution in [0.3, 0.4) is 0 Å². The molecule has 1 aromatic carbocycles. The molecule has 1 N–H and O–H groups in total. The average molecular weight is 386 g/mol. The Morgan fingerprint density at radius 2 is 2.11 bits per heavy atom. The van der Waals surface area contributed by atoms with Crippen molar-refractivity contribution in [2.24, 2.45) is 7.05 Å².